The topological polar surface area (TPSA) is 68.0 Å². The highest BCUT2D eigenvalue weighted by atomic mass is 16.5. The van der Waals surface area contributed by atoms with Gasteiger partial charge in [0.05, 0.1) is 19.4 Å². The average molecular weight is 476 g/mol. The lowest BCUT2D eigenvalue weighted by molar-refractivity contribution is -0.114. The highest BCUT2D eigenvalue weighted by Crippen LogP contribution is 2.36. The number of carbonyl (C=O) groups is 1. The molecule has 0 N–H and O–H groups in total. The molecule has 0 radical (unpaired) electrons. The molecule has 2 aliphatic rings. The Hall–Kier alpha value is -3.32. The fourth-order valence-corrected chi connectivity index (χ4v) is 5.36. The number of aromatic nitrogens is 1. The van der Waals surface area contributed by atoms with Crippen molar-refractivity contribution in [2.45, 2.75) is 50.3 Å². The molecule has 0 amide bonds. The first-order valence-corrected chi connectivity index (χ1v) is 12.5. The zero-order valence-electron chi connectivity index (χ0n) is 20.2. The molecule has 0 bridgehead atoms. The summed E-state index contributed by atoms with van der Waals surface area (Å²) in [5.74, 6) is 2.17. The van der Waals surface area contributed by atoms with E-state index in [-0.39, 0.29) is 12.1 Å². The number of aldehydes is 1. The van der Waals surface area contributed by atoms with Gasteiger partial charge in [-0.15, -0.1) is 0 Å². The van der Waals surface area contributed by atoms with Gasteiger partial charge in [0.1, 0.15) is 18.1 Å². The third-order valence-corrected chi connectivity index (χ3v) is 7.18. The van der Waals surface area contributed by atoms with Crippen molar-refractivity contribution in [3.63, 3.8) is 0 Å². The van der Waals surface area contributed by atoms with Crippen molar-refractivity contribution in [3.05, 3.63) is 72.4 Å². The maximum atomic E-state index is 12.2. The standard InChI is InChI=1S/C28H33N3O4/c1-33-26-12-11-22(16-27(26)35-24-9-5-6-10-24)30-13-14-31(25(19-32)28-17-29-20-34-28)23(18-30)15-21-7-3-2-4-8-21/h2-4,7-8,11-12,16-17,19-20,23-25H,5-6,9-10,13-15,18H2,1H3/t23?,25-/m1/s1. The van der Waals surface area contributed by atoms with Crippen LogP contribution >= 0.6 is 0 Å². The van der Waals surface area contributed by atoms with Crippen molar-refractivity contribution in [2.24, 2.45) is 0 Å². The van der Waals surface area contributed by atoms with Gasteiger partial charge in [0.2, 0.25) is 0 Å². The zero-order chi connectivity index (χ0) is 24.0. The molecule has 35 heavy (non-hydrogen) atoms. The molecule has 2 atom stereocenters. The molecule has 5 rings (SSSR count). The van der Waals surface area contributed by atoms with Gasteiger partial charge in [-0.3, -0.25) is 4.90 Å². The van der Waals surface area contributed by atoms with Crippen LogP contribution in [0.25, 0.3) is 0 Å². The van der Waals surface area contributed by atoms with E-state index >= 15 is 0 Å². The van der Waals surface area contributed by atoms with Gasteiger partial charge in [0, 0.05) is 37.4 Å². The molecule has 1 aromatic heterocycles. The molecule has 1 unspecified atom stereocenters. The van der Waals surface area contributed by atoms with Crippen LogP contribution in [0.3, 0.4) is 0 Å². The second-order valence-electron chi connectivity index (χ2n) is 9.37. The molecule has 7 heteroatoms. The van der Waals surface area contributed by atoms with Crippen LogP contribution in [0.15, 0.2) is 65.5 Å². The van der Waals surface area contributed by atoms with Gasteiger partial charge in [0.15, 0.2) is 17.9 Å². The van der Waals surface area contributed by atoms with Crippen LogP contribution < -0.4 is 14.4 Å². The smallest absolute Gasteiger partial charge is 0.180 e. The monoisotopic (exact) mass is 475 g/mol. The first-order chi connectivity index (χ1) is 17.2. The Morgan fingerprint density at radius 1 is 1.11 bits per heavy atom. The summed E-state index contributed by atoms with van der Waals surface area (Å²) in [4.78, 5) is 20.8. The van der Waals surface area contributed by atoms with Gasteiger partial charge in [-0.05, 0) is 49.8 Å². The van der Waals surface area contributed by atoms with Crippen LogP contribution in [0, 0.1) is 0 Å². The number of oxazole rings is 1. The SMILES string of the molecule is COc1ccc(N2CCN([C@H](C=O)c3cnco3)C(Cc3ccccc3)C2)cc1OC1CCCC1. The second kappa shape index (κ2) is 11.0. The number of anilines is 1. The fraction of sp³-hybridized carbons (Fsp3) is 0.429. The fourth-order valence-electron chi connectivity index (χ4n) is 5.36. The van der Waals surface area contributed by atoms with E-state index in [1.807, 2.05) is 12.1 Å². The van der Waals surface area contributed by atoms with Gasteiger partial charge in [-0.25, -0.2) is 4.98 Å². The van der Waals surface area contributed by atoms with Crippen molar-refractivity contribution in [1.82, 2.24) is 9.88 Å². The number of ether oxygens (including phenoxy) is 2. The molecule has 7 nitrogen and oxygen atoms in total. The summed E-state index contributed by atoms with van der Waals surface area (Å²) >= 11 is 0. The minimum Gasteiger partial charge on any atom is -0.493 e. The third-order valence-electron chi connectivity index (χ3n) is 7.18. The van der Waals surface area contributed by atoms with Crippen molar-refractivity contribution in [3.8, 4) is 11.5 Å². The lowest BCUT2D eigenvalue weighted by atomic mass is 9.99. The second-order valence-corrected chi connectivity index (χ2v) is 9.37. The Balaban J connectivity index is 1.39. The van der Waals surface area contributed by atoms with Crippen LogP contribution in [0.4, 0.5) is 5.69 Å². The Bertz CT molecular complexity index is 1080. The van der Waals surface area contributed by atoms with Crippen molar-refractivity contribution < 1.29 is 18.7 Å². The van der Waals surface area contributed by atoms with E-state index in [1.165, 1.54) is 24.8 Å². The predicted molar refractivity (Wildman–Crippen MR) is 134 cm³/mol. The molecule has 3 aromatic rings. The van der Waals surface area contributed by atoms with Crippen LogP contribution in [-0.4, -0.2) is 55.1 Å². The molecule has 1 aliphatic carbocycles. The molecule has 1 saturated heterocycles. The average Bonchev–Trinajstić information content (AvgIpc) is 3.61. The predicted octanol–water partition coefficient (Wildman–Crippen LogP) is 4.68. The van der Waals surface area contributed by atoms with E-state index in [0.717, 1.165) is 62.4 Å². The number of rotatable bonds is 9. The Morgan fingerprint density at radius 3 is 2.66 bits per heavy atom. The molecule has 184 valence electrons. The Morgan fingerprint density at radius 2 is 1.94 bits per heavy atom. The number of hydrogen-bond donors (Lipinski definition) is 0. The van der Waals surface area contributed by atoms with E-state index in [9.17, 15) is 4.79 Å². The van der Waals surface area contributed by atoms with E-state index < -0.39 is 6.04 Å². The maximum Gasteiger partial charge on any atom is 0.180 e. The van der Waals surface area contributed by atoms with Gasteiger partial charge in [-0.1, -0.05) is 30.3 Å². The molecule has 2 heterocycles. The summed E-state index contributed by atoms with van der Waals surface area (Å²) in [6.07, 6.45) is 9.72. The van der Waals surface area contributed by atoms with Crippen molar-refractivity contribution >= 4 is 12.0 Å². The molecule has 1 saturated carbocycles. The molecular formula is C28H33N3O4. The summed E-state index contributed by atoms with van der Waals surface area (Å²) in [6.45, 7) is 2.30. The number of benzene rings is 2. The van der Waals surface area contributed by atoms with Gasteiger partial charge >= 0.3 is 0 Å². The van der Waals surface area contributed by atoms with Gasteiger partial charge in [0.25, 0.3) is 0 Å². The summed E-state index contributed by atoms with van der Waals surface area (Å²) in [5, 5.41) is 0. The summed E-state index contributed by atoms with van der Waals surface area (Å²) < 4.78 is 17.5. The van der Waals surface area contributed by atoms with E-state index in [0.29, 0.717) is 5.76 Å². The minimum atomic E-state index is -0.453. The maximum absolute atomic E-state index is 12.2. The van der Waals surface area contributed by atoms with E-state index in [4.69, 9.17) is 13.9 Å². The normalized spacial score (nSPS) is 20.0. The molecule has 2 fully saturated rings. The van der Waals surface area contributed by atoms with Gasteiger partial charge < -0.3 is 23.6 Å². The van der Waals surface area contributed by atoms with Crippen LogP contribution in [-0.2, 0) is 11.2 Å². The summed E-state index contributed by atoms with van der Waals surface area (Å²) in [7, 11) is 1.69. The highest BCUT2D eigenvalue weighted by molar-refractivity contribution is 5.60. The number of nitrogens with zero attached hydrogens (tertiary/aromatic N) is 3. The van der Waals surface area contributed by atoms with Crippen LogP contribution in [0.1, 0.15) is 43.0 Å². The Labute approximate surface area is 206 Å². The first-order valence-electron chi connectivity index (χ1n) is 12.5. The summed E-state index contributed by atoms with van der Waals surface area (Å²) in [6, 6.07) is 16.3. The van der Waals surface area contributed by atoms with Gasteiger partial charge in [-0.2, -0.15) is 0 Å². The quantitative estimate of drug-likeness (QED) is 0.416. The van der Waals surface area contributed by atoms with Crippen LogP contribution in [0.2, 0.25) is 0 Å². The van der Waals surface area contributed by atoms with E-state index in [1.54, 1.807) is 13.3 Å². The van der Waals surface area contributed by atoms with Crippen molar-refractivity contribution in [1.29, 1.82) is 0 Å². The molecular weight excluding hydrogens is 442 g/mol. The number of piperazine rings is 1. The first kappa shape index (κ1) is 23.4. The number of hydrogen-bond acceptors (Lipinski definition) is 7. The zero-order valence-corrected chi connectivity index (χ0v) is 20.2. The third kappa shape index (κ3) is 5.35. The number of carbonyl (C=O) groups excluding carboxylic acids is 1. The lowest BCUT2D eigenvalue weighted by Gasteiger charge is -2.44. The Kier molecular flexibility index (Phi) is 7.33. The molecule has 0 spiro atoms. The molecule has 1 aliphatic heterocycles. The van der Waals surface area contributed by atoms with Crippen molar-refractivity contribution in [2.75, 3.05) is 31.6 Å². The number of methoxy groups -OCH3 is 1. The van der Waals surface area contributed by atoms with Crippen LogP contribution in [0.5, 0.6) is 11.5 Å². The largest absolute Gasteiger partial charge is 0.493 e. The van der Waals surface area contributed by atoms with E-state index in [2.05, 4.69) is 51.2 Å². The summed E-state index contributed by atoms with van der Waals surface area (Å²) in [5.41, 5.74) is 2.35. The molecule has 2 aromatic carbocycles. The highest BCUT2D eigenvalue weighted by Gasteiger charge is 2.34. The lowest BCUT2D eigenvalue weighted by Crippen LogP contribution is -2.55. The minimum absolute atomic E-state index is 0.118.